The van der Waals surface area contributed by atoms with Gasteiger partial charge in [0, 0.05) is 18.0 Å². The summed E-state index contributed by atoms with van der Waals surface area (Å²) < 4.78 is 0. The number of piperidine rings is 1. The minimum Gasteiger partial charge on any atom is -0.299 e. The van der Waals surface area contributed by atoms with Crippen LogP contribution in [0.15, 0.2) is 54.6 Å². The molecule has 2 aromatic rings. The number of rotatable bonds is 4. The standard InChI is InChI=1S/C20H23NO/c1-16-7-9-17(10-8-16)15-21-13-11-19(12-14-21)20(22)18-5-3-2-4-6-18/h2-10,19H,11-15H2,1H3. The fourth-order valence-electron chi connectivity index (χ4n) is 3.14. The third-order valence-corrected chi connectivity index (χ3v) is 4.54. The normalized spacial score (nSPS) is 16.6. The van der Waals surface area contributed by atoms with Gasteiger partial charge in [0.1, 0.15) is 0 Å². The second-order valence-corrected chi connectivity index (χ2v) is 6.27. The van der Waals surface area contributed by atoms with Crippen molar-refractivity contribution in [1.29, 1.82) is 0 Å². The van der Waals surface area contributed by atoms with Crippen LogP contribution in [-0.4, -0.2) is 23.8 Å². The molecule has 2 aromatic carbocycles. The molecule has 114 valence electrons. The molecule has 0 radical (unpaired) electrons. The van der Waals surface area contributed by atoms with Crippen LogP contribution < -0.4 is 0 Å². The van der Waals surface area contributed by atoms with Crippen molar-refractivity contribution in [3.8, 4) is 0 Å². The molecule has 0 unspecified atom stereocenters. The Hall–Kier alpha value is -1.93. The first kappa shape index (κ1) is 15.0. The van der Waals surface area contributed by atoms with Crippen LogP contribution in [-0.2, 0) is 6.54 Å². The van der Waals surface area contributed by atoms with E-state index < -0.39 is 0 Å². The SMILES string of the molecule is Cc1ccc(CN2CCC(C(=O)c3ccccc3)CC2)cc1. The molecular weight excluding hydrogens is 270 g/mol. The van der Waals surface area contributed by atoms with Gasteiger partial charge in [0.25, 0.3) is 0 Å². The monoisotopic (exact) mass is 293 g/mol. The van der Waals surface area contributed by atoms with Gasteiger partial charge in [-0.2, -0.15) is 0 Å². The maximum atomic E-state index is 12.5. The quantitative estimate of drug-likeness (QED) is 0.791. The number of carbonyl (C=O) groups is 1. The summed E-state index contributed by atoms with van der Waals surface area (Å²) in [6.45, 7) is 5.13. The first-order valence-corrected chi connectivity index (χ1v) is 8.09. The van der Waals surface area contributed by atoms with E-state index >= 15 is 0 Å². The van der Waals surface area contributed by atoms with E-state index in [2.05, 4.69) is 36.1 Å². The van der Waals surface area contributed by atoms with Crippen LogP contribution in [0.1, 0.15) is 34.3 Å². The van der Waals surface area contributed by atoms with Crippen LogP contribution in [0.3, 0.4) is 0 Å². The maximum Gasteiger partial charge on any atom is 0.166 e. The number of hydrogen-bond acceptors (Lipinski definition) is 2. The van der Waals surface area contributed by atoms with Gasteiger partial charge < -0.3 is 0 Å². The molecule has 1 saturated heterocycles. The lowest BCUT2D eigenvalue weighted by atomic mass is 9.89. The molecule has 0 aromatic heterocycles. The van der Waals surface area contributed by atoms with Gasteiger partial charge in [0.15, 0.2) is 5.78 Å². The minimum absolute atomic E-state index is 0.191. The van der Waals surface area contributed by atoms with Crippen molar-refractivity contribution in [3.63, 3.8) is 0 Å². The lowest BCUT2D eigenvalue weighted by molar-refractivity contribution is 0.0835. The Morgan fingerprint density at radius 2 is 1.64 bits per heavy atom. The van der Waals surface area contributed by atoms with Gasteiger partial charge in [-0.25, -0.2) is 0 Å². The molecule has 1 aliphatic heterocycles. The van der Waals surface area contributed by atoms with Crippen LogP contribution in [0.25, 0.3) is 0 Å². The van der Waals surface area contributed by atoms with Gasteiger partial charge in [-0.1, -0.05) is 60.2 Å². The number of aryl methyl sites for hydroxylation is 1. The number of ketones is 1. The Kier molecular flexibility index (Phi) is 4.69. The van der Waals surface area contributed by atoms with Crippen LogP contribution in [0.4, 0.5) is 0 Å². The number of Topliss-reactive ketones (excluding diaryl/α,β-unsaturated/α-hetero) is 1. The zero-order valence-electron chi connectivity index (χ0n) is 13.2. The largest absolute Gasteiger partial charge is 0.299 e. The van der Waals surface area contributed by atoms with Crippen LogP contribution >= 0.6 is 0 Å². The van der Waals surface area contributed by atoms with Crippen molar-refractivity contribution in [3.05, 3.63) is 71.3 Å². The highest BCUT2D eigenvalue weighted by atomic mass is 16.1. The van der Waals surface area contributed by atoms with E-state index in [9.17, 15) is 4.79 Å². The summed E-state index contributed by atoms with van der Waals surface area (Å²) >= 11 is 0. The topological polar surface area (TPSA) is 20.3 Å². The first-order valence-electron chi connectivity index (χ1n) is 8.09. The molecule has 1 fully saturated rings. The summed E-state index contributed by atoms with van der Waals surface area (Å²) in [7, 11) is 0. The summed E-state index contributed by atoms with van der Waals surface area (Å²) in [4.78, 5) is 14.9. The molecule has 0 saturated carbocycles. The van der Waals surface area contributed by atoms with Crippen molar-refractivity contribution < 1.29 is 4.79 Å². The zero-order valence-corrected chi connectivity index (χ0v) is 13.2. The van der Waals surface area contributed by atoms with E-state index in [-0.39, 0.29) is 5.92 Å². The Balaban J connectivity index is 1.54. The van der Waals surface area contributed by atoms with Crippen molar-refractivity contribution in [1.82, 2.24) is 4.90 Å². The van der Waals surface area contributed by atoms with Gasteiger partial charge >= 0.3 is 0 Å². The second kappa shape index (κ2) is 6.89. The van der Waals surface area contributed by atoms with Gasteiger partial charge in [0.05, 0.1) is 0 Å². The average molecular weight is 293 g/mol. The fourth-order valence-corrected chi connectivity index (χ4v) is 3.14. The van der Waals surface area contributed by atoms with E-state index in [1.165, 1.54) is 11.1 Å². The van der Waals surface area contributed by atoms with Crippen molar-refractivity contribution >= 4 is 5.78 Å². The fraction of sp³-hybridized carbons (Fsp3) is 0.350. The molecule has 0 bridgehead atoms. The van der Waals surface area contributed by atoms with Crippen LogP contribution in [0.2, 0.25) is 0 Å². The summed E-state index contributed by atoms with van der Waals surface area (Å²) in [6, 6.07) is 18.5. The maximum absolute atomic E-state index is 12.5. The average Bonchev–Trinajstić information content (AvgIpc) is 2.58. The molecule has 0 spiro atoms. The van der Waals surface area contributed by atoms with E-state index in [4.69, 9.17) is 0 Å². The Morgan fingerprint density at radius 3 is 2.27 bits per heavy atom. The molecule has 0 amide bonds. The number of benzene rings is 2. The molecule has 2 nitrogen and oxygen atoms in total. The predicted octanol–water partition coefficient (Wildman–Crippen LogP) is 4.09. The number of hydrogen-bond donors (Lipinski definition) is 0. The first-order chi connectivity index (χ1) is 10.7. The summed E-state index contributed by atoms with van der Waals surface area (Å²) in [5.41, 5.74) is 3.52. The highest BCUT2D eigenvalue weighted by molar-refractivity contribution is 5.97. The Labute approximate surface area is 132 Å². The summed E-state index contributed by atoms with van der Waals surface area (Å²) in [6.07, 6.45) is 1.94. The minimum atomic E-state index is 0.191. The molecule has 1 heterocycles. The molecule has 0 aliphatic carbocycles. The molecule has 0 atom stereocenters. The molecule has 0 N–H and O–H groups in total. The third-order valence-electron chi connectivity index (χ3n) is 4.54. The third kappa shape index (κ3) is 3.63. The van der Waals surface area contributed by atoms with Crippen molar-refractivity contribution in [2.75, 3.05) is 13.1 Å². The summed E-state index contributed by atoms with van der Waals surface area (Å²) in [5, 5.41) is 0. The zero-order chi connectivity index (χ0) is 15.4. The molecule has 22 heavy (non-hydrogen) atoms. The van der Waals surface area contributed by atoms with Crippen molar-refractivity contribution in [2.24, 2.45) is 5.92 Å². The van der Waals surface area contributed by atoms with Gasteiger partial charge in [-0.15, -0.1) is 0 Å². The van der Waals surface area contributed by atoms with E-state index in [0.29, 0.717) is 5.78 Å². The van der Waals surface area contributed by atoms with E-state index in [0.717, 1.165) is 38.0 Å². The Bertz CT molecular complexity index is 610. The van der Waals surface area contributed by atoms with Crippen LogP contribution in [0.5, 0.6) is 0 Å². The molecular formula is C20H23NO. The number of nitrogens with zero attached hydrogens (tertiary/aromatic N) is 1. The molecule has 1 aliphatic rings. The lowest BCUT2D eigenvalue weighted by Gasteiger charge is -2.31. The highest BCUT2D eigenvalue weighted by Gasteiger charge is 2.25. The van der Waals surface area contributed by atoms with Crippen molar-refractivity contribution in [2.45, 2.75) is 26.3 Å². The van der Waals surface area contributed by atoms with Gasteiger partial charge in [-0.05, 0) is 38.4 Å². The Morgan fingerprint density at radius 1 is 1.00 bits per heavy atom. The summed E-state index contributed by atoms with van der Waals surface area (Å²) in [5.74, 6) is 0.507. The lowest BCUT2D eigenvalue weighted by Crippen LogP contribution is -2.35. The van der Waals surface area contributed by atoms with Gasteiger partial charge in [0.2, 0.25) is 0 Å². The molecule has 2 heteroatoms. The number of carbonyl (C=O) groups excluding carboxylic acids is 1. The highest BCUT2D eigenvalue weighted by Crippen LogP contribution is 2.23. The number of likely N-dealkylation sites (tertiary alicyclic amines) is 1. The second-order valence-electron chi connectivity index (χ2n) is 6.27. The van der Waals surface area contributed by atoms with E-state index in [1.807, 2.05) is 30.3 Å². The smallest absolute Gasteiger partial charge is 0.166 e. The molecule has 3 rings (SSSR count). The van der Waals surface area contributed by atoms with Gasteiger partial charge in [-0.3, -0.25) is 9.69 Å². The van der Waals surface area contributed by atoms with Crippen LogP contribution in [0, 0.1) is 12.8 Å². The predicted molar refractivity (Wildman–Crippen MR) is 90.0 cm³/mol. The van der Waals surface area contributed by atoms with E-state index in [1.54, 1.807) is 0 Å².